The molecule has 0 amide bonds. The third-order valence-corrected chi connectivity index (χ3v) is 3.32. The van der Waals surface area contributed by atoms with E-state index in [1.807, 2.05) is 12.1 Å². The van der Waals surface area contributed by atoms with Gasteiger partial charge in [0.05, 0.1) is 6.10 Å². The molecule has 126 valence electrons. The van der Waals surface area contributed by atoms with Gasteiger partial charge in [-0.2, -0.15) is 0 Å². The van der Waals surface area contributed by atoms with Gasteiger partial charge in [0.15, 0.2) is 0 Å². The first kappa shape index (κ1) is 19.7. The molecule has 0 fully saturated rings. The molecule has 0 saturated carbocycles. The van der Waals surface area contributed by atoms with Crippen LogP contribution in [0.4, 0.5) is 4.39 Å². The minimum Gasteiger partial charge on any atom is -0.489 e. The molecule has 3 nitrogen and oxygen atoms in total. The van der Waals surface area contributed by atoms with Crippen molar-refractivity contribution in [2.45, 2.75) is 26.2 Å². The fraction of sp³-hybridized carbons (Fsp3) is 0.294. The Bertz CT molecular complexity index is 606. The average Bonchev–Trinajstić information content (AvgIpc) is 2.48. The fourth-order valence-electron chi connectivity index (χ4n) is 1.98. The van der Waals surface area contributed by atoms with Crippen molar-refractivity contribution in [2.75, 3.05) is 6.54 Å². The second-order valence-electron chi connectivity index (χ2n) is 5.15. The lowest BCUT2D eigenvalue weighted by Crippen LogP contribution is -2.24. The van der Waals surface area contributed by atoms with Crippen LogP contribution in [0, 0.1) is 5.82 Å². The molecule has 0 aliphatic heterocycles. The summed E-state index contributed by atoms with van der Waals surface area (Å²) in [5, 5.41) is 13.0. The summed E-state index contributed by atoms with van der Waals surface area (Å²) in [5.74, 6) is 0.449. The lowest BCUT2D eigenvalue weighted by atomic mass is 10.2. The largest absolute Gasteiger partial charge is 0.489 e. The van der Waals surface area contributed by atoms with Gasteiger partial charge in [-0.25, -0.2) is 4.39 Å². The SMILES string of the molecule is CC(O)CNCc1cc(Cl)ccc1OCc1ccc(F)cc1.Cl. The molecule has 0 bridgehead atoms. The summed E-state index contributed by atoms with van der Waals surface area (Å²) in [6.45, 7) is 3.11. The molecule has 2 aromatic rings. The lowest BCUT2D eigenvalue weighted by Gasteiger charge is -2.13. The fourth-order valence-corrected chi connectivity index (χ4v) is 2.18. The van der Waals surface area contributed by atoms with Crippen LogP contribution in [-0.2, 0) is 13.2 Å². The number of hydrogen-bond acceptors (Lipinski definition) is 3. The Morgan fingerprint density at radius 2 is 1.91 bits per heavy atom. The molecular weight excluding hydrogens is 340 g/mol. The Labute approximate surface area is 146 Å². The van der Waals surface area contributed by atoms with Gasteiger partial charge in [-0.05, 0) is 42.8 Å². The van der Waals surface area contributed by atoms with Crippen LogP contribution in [-0.4, -0.2) is 17.8 Å². The quantitative estimate of drug-likeness (QED) is 0.786. The molecule has 0 heterocycles. The number of halogens is 3. The third-order valence-electron chi connectivity index (χ3n) is 3.09. The number of hydrogen-bond donors (Lipinski definition) is 2. The molecular formula is C17H20Cl2FNO2. The molecule has 2 N–H and O–H groups in total. The molecule has 0 aromatic heterocycles. The van der Waals surface area contributed by atoms with Crippen LogP contribution >= 0.6 is 24.0 Å². The second kappa shape index (κ2) is 9.73. The Balaban J connectivity index is 0.00000264. The maximum atomic E-state index is 12.9. The summed E-state index contributed by atoms with van der Waals surface area (Å²) in [7, 11) is 0. The Hall–Kier alpha value is -1.33. The highest BCUT2D eigenvalue weighted by molar-refractivity contribution is 6.30. The Morgan fingerprint density at radius 1 is 1.22 bits per heavy atom. The van der Waals surface area contributed by atoms with Gasteiger partial charge >= 0.3 is 0 Å². The van der Waals surface area contributed by atoms with Gasteiger partial charge in [0.25, 0.3) is 0 Å². The number of nitrogens with one attached hydrogen (secondary N) is 1. The normalized spacial score (nSPS) is 11.7. The molecule has 6 heteroatoms. The van der Waals surface area contributed by atoms with Crippen LogP contribution in [0.1, 0.15) is 18.1 Å². The van der Waals surface area contributed by atoms with Gasteiger partial charge < -0.3 is 15.2 Å². The summed E-state index contributed by atoms with van der Waals surface area (Å²) in [6.07, 6.45) is -0.414. The Kier molecular flexibility index (Phi) is 8.34. The van der Waals surface area contributed by atoms with Crippen molar-refractivity contribution in [1.82, 2.24) is 5.32 Å². The van der Waals surface area contributed by atoms with Crippen molar-refractivity contribution < 1.29 is 14.2 Å². The van der Waals surface area contributed by atoms with Crippen LogP contribution in [0.25, 0.3) is 0 Å². The van der Waals surface area contributed by atoms with Crippen LogP contribution < -0.4 is 10.1 Å². The zero-order chi connectivity index (χ0) is 15.9. The van der Waals surface area contributed by atoms with E-state index in [-0.39, 0.29) is 18.2 Å². The van der Waals surface area contributed by atoms with Crippen molar-refractivity contribution in [2.24, 2.45) is 0 Å². The number of ether oxygens (including phenoxy) is 1. The first-order valence-electron chi connectivity index (χ1n) is 7.09. The van der Waals surface area contributed by atoms with Crippen LogP contribution in [0.3, 0.4) is 0 Å². The molecule has 0 aliphatic rings. The van der Waals surface area contributed by atoms with Gasteiger partial charge in [0.2, 0.25) is 0 Å². The lowest BCUT2D eigenvalue weighted by molar-refractivity contribution is 0.190. The smallest absolute Gasteiger partial charge is 0.124 e. The number of aliphatic hydroxyl groups excluding tert-OH is 1. The van der Waals surface area contributed by atoms with Crippen molar-refractivity contribution in [3.8, 4) is 5.75 Å². The monoisotopic (exact) mass is 359 g/mol. The van der Waals surface area contributed by atoms with E-state index in [1.54, 1.807) is 25.1 Å². The van der Waals surface area contributed by atoms with Crippen LogP contribution in [0.2, 0.25) is 5.02 Å². The molecule has 0 radical (unpaired) electrons. The predicted molar refractivity (Wildman–Crippen MR) is 92.8 cm³/mol. The maximum absolute atomic E-state index is 12.9. The van der Waals surface area contributed by atoms with Gasteiger partial charge in [-0.1, -0.05) is 23.7 Å². The van der Waals surface area contributed by atoms with E-state index in [1.165, 1.54) is 12.1 Å². The molecule has 23 heavy (non-hydrogen) atoms. The van der Waals surface area contributed by atoms with Gasteiger partial charge in [-0.15, -0.1) is 12.4 Å². The zero-order valence-electron chi connectivity index (χ0n) is 12.8. The van der Waals surface area contributed by atoms with Gasteiger partial charge in [0, 0.05) is 23.7 Å². The minimum atomic E-state index is -0.414. The summed E-state index contributed by atoms with van der Waals surface area (Å²) < 4.78 is 18.7. The Morgan fingerprint density at radius 3 is 2.57 bits per heavy atom. The average molecular weight is 360 g/mol. The molecule has 0 saturated heterocycles. The molecule has 0 aliphatic carbocycles. The first-order valence-corrected chi connectivity index (χ1v) is 7.47. The predicted octanol–water partition coefficient (Wildman–Crippen LogP) is 3.95. The summed E-state index contributed by atoms with van der Waals surface area (Å²) in [6, 6.07) is 11.6. The number of aliphatic hydroxyl groups is 1. The minimum absolute atomic E-state index is 0. The standard InChI is InChI=1S/C17H19ClFNO2.ClH/c1-12(21)9-20-10-14-8-15(18)4-7-17(14)22-11-13-2-5-16(19)6-3-13;/h2-8,12,20-21H,9-11H2,1H3;1H. The van der Waals surface area contributed by atoms with Gasteiger partial charge in [-0.3, -0.25) is 0 Å². The van der Waals surface area contributed by atoms with Crippen molar-refractivity contribution in [3.63, 3.8) is 0 Å². The molecule has 1 unspecified atom stereocenters. The van der Waals surface area contributed by atoms with E-state index in [0.29, 0.717) is 30.5 Å². The van der Waals surface area contributed by atoms with E-state index in [0.717, 1.165) is 11.1 Å². The number of benzene rings is 2. The van der Waals surface area contributed by atoms with Crippen molar-refractivity contribution in [3.05, 3.63) is 64.4 Å². The summed E-state index contributed by atoms with van der Waals surface area (Å²) in [5.41, 5.74) is 1.80. The summed E-state index contributed by atoms with van der Waals surface area (Å²) >= 11 is 6.02. The molecule has 2 rings (SSSR count). The topological polar surface area (TPSA) is 41.5 Å². The zero-order valence-corrected chi connectivity index (χ0v) is 14.3. The highest BCUT2D eigenvalue weighted by Gasteiger charge is 2.06. The van der Waals surface area contributed by atoms with Crippen LogP contribution in [0.5, 0.6) is 5.75 Å². The van der Waals surface area contributed by atoms with Gasteiger partial charge in [0.1, 0.15) is 18.2 Å². The number of rotatable bonds is 7. The summed E-state index contributed by atoms with van der Waals surface area (Å²) in [4.78, 5) is 0. The van der Waals surface area contributed by atoms with E-state index in [9.17, 15) is 9.50 Å². The highest BCUT2D eigenvalue weighted by Crippen LogP contribution is 2.24. The third kappa shape index (κ3) is 6.75. The van der Waals surface area contributed by atoms with Crippen LogP contribution in [0.15, 0.2) is 42.5 Å². The van der Waals surface area contributed by atoms with E-state index < -0.39 is 6.10 Å². The van der Waals surface area contributed by atoms with E-state index in [4.69, 9.17) is 16.3 Å². The molecule has 1 atom stereocenters. The van der Waals surface area contributed by atoms with E-state index >= 15 is 0 Å². The van der Waals surface area contributed by atoms with E-state index in [2.05, 4.69) is 5.32 Å². The second-order valence-corrected chi connectivity index (χ2v) is 5.58. The molecule has 2 aromatic carbocycles. The highest BCUT2D eigenvalue weighted by atomic mass is 35.5. The molecule has 0 spiro atoms. The first-order chi connectivity index (χ1) is 10.5. The maximum Gasteiger partial charge on any atom is 0.124 e. The van der Waals surface area contributed by atoms with Crippen molar-refractivity contribution >= 4 is 24.0 Å². The van der Waals surface area contributed by atoms with Crippen molar-refractivity contribution in [1.29, 1.82) is 0 Å².